The zero-order chi connectivity index (χ0) is 9.84. The van der Waals surface area contributed by atoms with Gasteiger partial charge in [-0.15, -0.1) is 0 Å². The smallest absolute Gasteiger partial charge is 0.409 e. The number of hydrogen-bond acceptors (Lipinski definition) is 2. The van der Waals surface area contributed by atoms with Crippen molar-refractivity contribution in [3.63, 3.8) is 0 Å². The molecule has 0 bridgehead atoms. The van der Waals surface area contributed by atoms with Crippen LogP contribution in [0, 0.1) is 5.92 Å². The zero-order valence-electron chi connectivity index (χ0n) is 8.75. The first-order valence-electron chi connectivity index (χ1n) is 5.01. The van der Waals surface area contributed by atoms with Crippen LogP contribution in [0.3, 0.4) is 0 Å². The van der Waals surface area contributed by atoms with E-state index in [4.69, 9.17) is 4.74 Å². The maximum Gasteiger partial charge on any atom is 0.409 e. The summed E-state index contributed by atoms with van der Waals surface area (Å²) in [6.07, 6.45) is 3.34. The van der Waals surface area contributed by atoms with Crippen molar-refractivity contribution in [1.29, 1.82) is 0 Å². The van der Waals surface area contributed by atoms with E-state index in [1.54, 1.807) is 4.90 Å². The molecule has 0 radical (unpaired) electrons. The van der Waals surface area contributed by atoms with Crippen LogP contribution in [0.4, 0.5) is 4.79 Å². The van der Waals surface area contributed by atoms with Gasteiger partial charge in [-0.2, -0.15) is 0 Å². The number of carbonyl (C=O) groups is 1. The molecular formula is C10H19NO2. The molecule has 0 spiro atoms. The third kappa shape index (κ3) is 2.90. The Hall–Kier alpha value is -0.730. The fourth-order valence-corrected chi connectivity index (χ4v) is 1.26. The number of nitrogens with zero attached hydrogens (tertiary/aromatic N) is 1. The van der Waals surface area contributed by atoms with Crippen molar-refractivity contribution < 1.29 is 9.53 Å². The molecule has 13 heavy (non-hydrogen) atoms. The largest absolute Gasteiger partial charge is 0.449 e. The Morgan fingerprint density at radius 3 is 2.54 bits per heavy atom. The van der Waals surface area contributed by atoms with Gasteiger partial charge in [0.2, 0.25) is 0 Å². The van der Waals surface area contributed by atoms with Crippen molar-refractivity contribution in [3.05, 3.63) is 0 Å². The third-order valence-electron chi connectivity index (χ3n) is 2.45. The highest BCUT2D eigenvalue weighted by atomic mass is 16.6. The summed E-state index contributed by atoms with van der Waals surface area (Å²) in [7, 11) is 1.83. The quantitative estimate of drug-likeness (QED) is 0.675. The van der Waals surface area contributed by atoms with Crippen LogP contribution in [0.1, 0.15) is 33.1 Å². The first-order chi connectivity index (χ1) is 6.11. The molecule has 1 fully saturated rings. The van der Waals surface area contributed by atoms with Crippen molar-refractivity contribution in [3.8, 4) is 0 Å². The second kappa shape index (κ2) is 4.49. The number of carbonyl (C=O) groups excluding carboxylic acids is 1. The molecule has 0 aliphatic heterocycles. The molecule has 1 amide bonds. The minimum atomic E-state index is -0.168. The molecule has 0 N–H and O–H groups in total. The fraction of sp³-hybridized carbons (Fsp3) is 0.900. The Balaban J connectivity index is 2.21. The fourth-order valence-electron chi connectivity index (χ4n) is 1.26. The number of amides is 1. The Labute approximate surface area is 80.1 Å². The van der Waals surface area contributed by atoms with Gasteiger partial charge in [0, 0.05) is 13.1 Å². The number of rotatable bonds is 3. The van der Waals surface area contributed by atoms with Crippen molar-refractivity contribution in [2.45, 2.75) is 39.2 Å². The lowest BCUT2D eigenvalue weighted by atomic mass is 9.92. The minimum Gasteiger partial charge on any atom is -0.449 e. The lowest BCUT2D eigenvalue weighted by molar-refractivity contribution is 0.0720. The minimum absolute atomic E-state index is 0.168. The average Bonchev–Trinajstić information content (AvgIpc) is 1.96. The molecule has 0 aromatic rings. The SMILES string of the molecule is CC(C)COC(=O)N(C)C1CCC1. The van der Waals surface area contributed by atoms with Crippen LogP contribution in [0.25, 0.3) is 0 Å². The van der Waals surface area contributed by atoms with Gasteiger partial charge in [-0.25, -0.2) is 4.79 Å². The van der Waals surface area contributed by atoms with E-state index in [-0.39, 0.29) is 6.09 Å². The molecule has 1 aliphatic carbocycles. The molecule has 3 nitrogen and oxygen atoms in total. The van der Waals surface area contributed by atoms with Crippen LogP contribution in [-0.4, -0.2) is 30.7 Å². The molecular weight excluding hydrogens is 166 g/mol. The van der Waals surface area contributed by atoms with Gasteiger partial charge in [-0.1, -0.05) is 13.8 Å². The van der Waals surface area contributed by atoms with Crippen LogP contribution in [0.15, 0.2) is 0 Å². The lowest BCUT2D eigenvalue weighted by Crippen LogP contribution is -2.41. The van der Waals surface area contributed by atoms with E-state index in [0.717, 1.165) is 12.8 Å². The summed E-state index contributed by atoms with van der Waals surface area (Å²) in [5, 5.41) is 0. The van der Waals surface area contributed by atoms with Gasteiger partial charge in [0.15, 0.2) is 0 Å². The van der Waals surface area contributed by atoms with Gasteiger partial charge in [0.1, 0.15) is 0 Å². The molecule has 0 saturated heterocycles. The highest BCUT2D eigenvalue weighted by Gasteiger charge is 2.26. The normalized spacial score (nSPS) is 16.9. The lowest BCUT2D eigenvalue weighted by Gasteiger charge is -2.33. The summed E-state index contributed by atoms with van der Waals surface area (Å²) < 4.78 is 5.11. The second-order valence-corrected chi connectivity index (χ2v) is 4.17. The van der Waals surface area contributed by atoms with Crippen LogP contribution >= 0.6 is 0 Å². The average molecular weight is 185 g/mol. The maximum atomic E-state index is 11.4. The summed E-state index contributed by atoms with van der Waals surface area (Å²) in [5.41, 5.74) is 0. The maximum absolute atomic E-state index is 11.4. The van der Waals surface area contributed by atoms with Crippen LogP contribution in [0.2, 0.25) is 0 Å². The summed E-state index contributed by atoms with van der Waals surface area (Å²) in [4.78, 5) is 13.1. The highest BCUT2D eigenvalue weighted by Crippen LogP contribution is 2.23. The van der Waals surface area contributed by atoms with Crippen molar-refractivity contribution in [2.24, 2.45) is 5.92 Å². The Kier molecular flexibility index (Phi) is 3.58. The molecule has 1 aliphatic rings. The highest BCUT2D eigenvalue weighted by molar-refractivity contribution is 5.67. The molecule has 0 unspecified atom stereocenters. The van der Waals surface area contributed by atoms with Crippen molar-refractivity contribution >= 4 is 6.09 Å². The van der Waals surface area contributed by atoms with Gasteiger partial charge in [0.05, 0.1) is 6.61 Å². The Bertz CT molecular complexity index is 176. The van der Waals surface area contributed by atoms with Gasteiger partial charge in [-0.05, 0) is 25.2 Å². The van der Waals surface area contributed by atoms with Crippen molar-refractivity contribution in [1.82, 2.24) is 4.90 Å². The first kappa shape index (κ1) is 10.4. The molecule has 0 atom stereocenters. The zero-order valence-corrected chi connectivity index (χ0v) is 8.75. The summed E-state index contributed by atoms with van der Waals surface area (Å²) in [6, 6.07) is 0.430. The van der Waals surface area contributed by atoms with E-state index in [1.807, 2.05) is 20.9 Å². The van der Waals surface area contributed by atoms with E-state index in [2.05, 4.69) is 0 Å². The van der Waals surface area contributed by atoms with Gasteiger partial charge >= 0.3 is 6.09 Å². The van der Waals surface area contributed by atoms with Gasteiger partial charge in [0.25, 0.3) is 0 Å². The third-order valence-corrected chi connectivity index (χ3v) is 2.45. The van der Waals surface area contributed by atoms with Crippen LogP contribution in [-0.2, 0) is 4.74 Å². The predicted octanol–water partition coefficient (Wildman–Crippen LogP) is 2.26. The molecule has 3 heteroatoms. The summed E-state index contributed by atoms with van der Waals surface area (Å²) in [5.74, 6) is 0.416. The molecule has 76 valence electrons. The van der Waals surface area contributed by atoms with E-state index >= 15 is 0 Å². The molecule has 0 heterocycles. The summed E-state index contributed by atoms with van der Waals surface area (Å²) in [6.45, 7) is 4.60. The predicted molar refractivity (Wildman–Crippen MR) is 51.6 cm³/mol. The standard InChI is InChI=1S/C10H19NO2/c1-8(2)7-13-10(12)11(3)9-5-4-6-9/h8-9H,4-7H2,1-3H3. The van der Waals surface area contributed by atoms with Gasteiger partial charge in [-0.3, -0.25) is 0 Å². The molecule has 0 aromatic carbocycles. The topological polar surface area (TPSA) is 29.5 Å². The van der Waals surface area contributed by atoms with E-state index < -0.39 is 0 Å². The van der Waals surface area contributed by atoms with Gasteiger partial charge < -0.3 is 9.64 Å². The monoisotopic (exact) mass is 185 g/mol. The second-order valence-electron chi connectivity index (χ2n) is 4.17. The van der Waals surface area contributed by atoms with Crippen molar-refractivity contribution in [2.75, 3.05) is 13.7 Å². The Morgan fingerprint density at radius 1 is 1.54 bits per heavy atom. The van der Waals surface area contributed by atoms with E-state index in [0.29, 0.717) is 18.6 Å². The number of ether oxygens (including phenoxy) is 1. The number of hydrogen-bond donors (Lipinski definition) is 0. The Morgan fingerprint density at radius 2 is 2.15 bits per heavy atom. The van der Waals surface area contributed by atoms with E-state index in [1.165, 1.54) is 6.42 Å². The first-order valence-corrected chi connectivity index (χ1v) is 5.01. The van der Waals surface area contributed by atoms with E-state index in [9.17, 15) is 4.79 Å². The molecule has 0 aromatic heterocycles. The molecule has 1 saturated carbocycles. The summed E-state index contributed by atoms with van der Waals surface area (Å²) >= 11 is 0. The molecule has 1 rings (SSSR count). The van der Waals surface area contributed by atoms with Crippen LogP contribution in [0.5, 0.6) is 0 Å². The van der Waals surface area contributed by atoms with Crippen LogP contribution < -0.4 is 0 Å².